The lowest BCUT2D eigenvalue weighted by atomic mass is 9.87. The second-order valence-corrected chi connectivity index (χ2v) is 4.95. The third-order valence-corrected chi connectivity index (χ3v) is 3.69. The van der Waals surface area contributed by atoms with Crippen LogP contribution in [0.3, 0.4) is 0 Å². The Morgan fingerprint density at radius 2 is 2.00 bits per heavy atom. The molecule has 86 valence electrons. The molecule has 1 aliphatic carbocycles. The van der Waals surface area contributed by atoms with Gasteiger partial charge in [-0.2, -0.15) is 12.6 Å². The zero-order valence-electron chi connectivity index (χ0n) is 9.73. The third kappa shape index (κ3) is 2.91. The third-order valence-electron chi connectivity index (χ3n) is 3.38. The molecule has 2 rings (SSSR count). The van der Waals surface area contributed by atoms with Crippen LogP contribution in [0.5, 0.6) is 0 Å². The highest BCUT2D eigenvalue weighted by Gasteiger charge is 2.18. The highest BCUT2D eigenvalue weighted by molar-refractivity contribution is 7.80. The standard InChI is InChI=1S/C15H20S/c16-12-6-11-15(14-9-4-5-10-14)13-7-2-1-3-8-13/h1-3,7-9,15-16H,4-6,10-12H2. The van der Waals surface area contributed by atoms with Gasteiger partial charge in [-0.15, -0.1) is 0 Å². The second-order valence-electron chi connectivity index (χ2n) is 4.50. The highest BCUT2D eigenvalue weighted by atomic mass is 32.1. The molecule has 0 saturated heterocycles. The molecule has 0 saturated carbocycles. The number of thiol groups is 1. The maximum Gasteiger partial charge on any atom is 0.00484 e. The average molecular weight is 232 g/mol. The van der Waals surface area contributed by atoms with E-state index < -0.39 is 0 Å². The maximum atomic E-state index is 4.33. The van der Waals surface area contributed by atoms with Crippen LogP contribution in [0.25, 0.3) is 0 Å². The summed E-state index contributed by atoms with van der Waals surface area (Å²) in [6, 6.07) is 10.9. The monoisotopic (exact) mass is 232 g/mol. The summed E-state index contributed by atoms with van der Waals surface area (Å²) >= 11 is 4.33. The van der Waals surface area contributed by atoms with Crippen molar-refractivity contribution < 1.29 is 0 Å². The summed E-state index contributed by atoms with van der Waals surface area (Å²) in [7, 11) is 0. The van der Waals surface area contributed by atoms with E-state index in [2.05, 4.69) is 49.0 Å². The molecule has 0 bridgehead atoms. The molecule has 0 nitrogen and oxygen atoms in total. The lowest BCUT2D eigenvalue weighted by molar-refractivity contribution is 0.671. The maximum absolute atomic E-state index is 4.33. The van der Waals surface area contributed by atoms with E-state index in [1.54, 1.807) is 5.57 Å². The van der Waals surface area contributed by atoms with Gasteiger partial charge in [0.25, 0.3) is 0 Å². The first kappa shape index (κ1) is 11.8. The molecule has 0 aromatic heterocycles. The molecular weight excluding hydrogens is 212 g/mol. The van der Waals surface area contributed by atoms with Crippen LogP contribution in [0, 0.1) is 0 Å². The first-order valence-electron chi connectivity index (χ1n) is 6.26. The van der Waals surface area contributed by atoms with Crippen LogP contribution in [-0.4, -0.2) is 5.75 Å². The summed E-state index contributed by atoms with van der Waals surface area (Å²) in [4.78, 5) is 0. The van der Waals surface area contributed by atoms with Crippen molar-refractivity contribution in [2.45, 2.75) is 38.0 Å². The number of benzene rings is 1. The largest absolute Gasteiger partial charge is 0.179 e. The Balaban J connectivity index is 2.14. The van der Waals surface area contributed by atoms with Crippen LogP contribution in [0.2, 0.25) is 0 Å². The summed E-state index contributed by atoms with van der Waals surface area (Å²) in [5.74, 6) is 1.65. The van der Waals surface area contributed by atoms with Gasteiger partial charge in [0.1, 0.15) is 0 Å². The summed E-state index contributed by atoms with van der Waals surface area (Å²) < 4.78 is 0. The Hall–Kier alpha value is -0.690. The fourth-order valence-electron chi connectivity index (χ4n) is 2.56. The van der Waals surface area contributed by atoms with Crippen LogP contribution in [0.4, 0.5) is 0 Å². The van der Waals surface area contributed by atoms with Gasteiger partial charge in [0.15, 0.2) is 0 Å². The van der Waals surface area contributed by atoms with Crippen LogP contribution in [0.15, 0.2) is 42.0 Å². The predicted octanol–water partition coefficient (Wildman–Crippen LogP) is 4.59. The Bertz CT molecular complexity index is 340. The molecule has 0 spiro atoms. The number of allylic oxidation sites excluding steroid dienone is 2. The Morgan fingerprint density at radius 1 is 1.19 bits per heavy atom. The van der Waals surface area contributed by atoms with Gasteiger partial charge >= 0.3 is 0 Å². The summed E-state index contributed by atoms with van der Waals surface area (Å²) in [6.45, 7) is 0. The van der Waals surface area contributed by atoms with Crippen molar-refractivity contribution in [3.05, 3.63) is 47.5 Å². The average Bonchev–Trinajstić information content (AvgIpc) is 2.85. The Labute approximate surface area is 104 Å². The SMILES string of the molecule is SCCCC(C1=CCCC1)c1ccccc1. The molecule has 0 aliphatic heterocycles. The van der Waals surface area contributed by atoms with E-state index in [1.165, 1.54) is 37.7 Å². The van der Waals surface area contributed by atoms with Crippen LogP contribution in [0.1, 0.15) is 43.6 Å². The van der Waals surface area contributed by atoms with Crippen LogP contribution < -0.4 is 0 Å². The van der Waals surface area contributed by atoms with Crippen molar-refractivity contribution in [3.63, 3.8) is 0 Å². The Kier molecular flexibility index (Phi) is 4.53. The molecule has 0 N–H and O–H groups in total. The van der Waals surface area contributed by atoms with E-state index in [9.17, 15) is 0 Å². The molecule has 1 heteroatoms. The minimum Gasteiger partial charge on any atom is -0.179 e. The van der Waals surface area contributed by atoms with E-state index in [-0.39, 0.29) is 0 Å². The van der Waals surface area contributed by atoms with Gasteiger partial charge in [-0.1, -0.05) is 42.0 Å². The summed E-state index contributed by atoms with van der Waals surface area (Å²) in [6.07, 6.45) is 8.83. The predicted molar refractivity (Wildman–Crippen MR) is 74.2 cm³/mol. The summed E-state index contributed by atoms with van der Waals surface area (Å²) in [5, 5.41) is 0. The van der Waals surface area contributed by atoms with Gasteiger partial charge in [0.05, 0.1) is 0 Å². The molecule has 16 heavy (non-hydrogen) atoms. The minimum atomic E-state index is 0.649. The molecule has 0 amide bonds. The molecule has 1 aromatic rings. The molecule has 0 fully saturated rings. The number of hydrogen-bond donors (Lipinski definition) is 1. The summed E-state index contributed by atoms with van der Waals surface area (Å²) in [5.41, 5.74) is 3.14. The number of hydrogen-bond acceptors (Lipinski definition) is 1. The molecule has 1 unspecified atom stereocenters. The van der Waals surface area contributed by atoms with Crippen molar-refractivity contribution in [2.24, 2.45) is 0 Å². The van der Waals surface area contributed by atoms with E-state index in [0.29, 0.717) is 5.92 Å². The van der Waals surface area contributed by atoms with Gasteiger partial charge in [0.2, 0.25) is 0 Å². The lowest BCUT2D eigenvalue weighted by Gasteiger charge is -2.18. The minimum absolute atomic E-state index is 0.649. The van der Waals surface area contributed by atoms with Crippen molar-refractivity contribution in [1.82, 2.24) is 0 Å². The van der Waals surface area contributed by atoms with E-state index in [1.807, 2.05) is 0 Å². The quantitative estimate of drug-likeness (QED) is 0.557. The van der Waals surface area contributed by atoms with Crippen LogP contribution in [-0.2, 0) is 0 Å². The molecule has 1 aromatic carbocycles. The van der Waals surface area contributed by atoms with Gasteiger partial charge in [0, 0.05) is 5.92 Å². The van der Waals surface area contributed by atoms with E-state index in [0.717, 1.165) is 5.75 Å². The van der Waals surface area contributed by atoms with Gasteiger partial charge in [-0.25, -0.2) is 0 Å². The van der Waals surface area contributed by atoms with E-state index in [4.69, 9.17) is 0 Å². The van der Waals surface area contributed by atoms with Gasteiger partial charge in [-0.3, -0.25) is 0 Å². The van der Waals surface area contributed by atoms with Gasteiger partial charge < -0.3 is 0 Å². The normalized spacial score (nSPS) is 17.2. The second kappa shape index (κ2) is 6.15. The van der Waals surface area contributed by atoms with Crippen molar-refractivity contribution in [3.8, 4) is 0 Å². The molecular formula is C15H20S. The molecule has 0 heterocycles. The first-order chi connectivity index (χ1) is 7.92. The zero-order valence-corrected chi connectivity index (χ0v) is 10.6. The van der Waals surface area contributed by atoms with E-state index >= 15 is 0 Å². The van der Waals surface area contributed by atoms with Crippen molar-refractivity contribution in [1.29, 1.82) is 0 Å². The molecule has 1 aliphatic rings. The zero-order chi connectivity index (χ0) is 11.2. The topological polar surface area (TPSA) is 0 Å². The van der Waals surface area contributed by atoms with Crippen molar-refractivity contribution >= 4 is 12.6 Å². The highest BCUT2D eigenvalue weighted by Crippen LogP contribution is 2.35. The number of rotatable bonds is 5. The first-order valence-corrected chi connectivity index (χ1v) is 6.90. The smallest absolute Gasteiger partial charge is 0.00484 e. The lowest BCUT2D eigenvalue weighted by Crippen LogP contribution is -2.02. The molecule has 1 atom stereocenters. The van der Waals surface area contributed by atoms with Crippen molar-refractivity contribution in [2.75, 3.05) is 5.75 Å². The fraction of sp³-hybridized carbons (Fsp3) is 0.467. The Morgan fingerprint density at radius 3 is 2.62 bits per heavy atom. The fourth-order valence-corrected chi connectivity index (χ4v) is 2.74. The van der Waals surface area contributed by atoms with Gasteiger partial charge in [-0.05, 0) is 43.4 Å². The molecule has 0 radical (unpaired) electrons. The van der Waals surface area contributed by atoms with Crippen LogP contribution >= 0.6 is 12.6 Å².